The topological polar surface area (TPSA) is 89.7 Å². The van der Waals surface area contributed by atoms with Gasteiger partial charge < -0.3 is 4.74 Å². The molecule has 190 valence electrons. The van der Waals surface area contributed by atoms with Gasteiger partial charge in [-0.3, -0.25) is 24.6 Å². The molecule has 3 aromatic rings. The number of amides is 2. The molecule has 0 spiro atoms. The van der Waals surface area contributed by atoms with Crippen molar-refractivity contribution in [2.45, 2.75) is 12.7 Å². The summed E-state index contributed by atoms with van der Waals surface area (Å²) in [5.41, 5.74) is -1.95. The molecule has 0 saturated carbocycles. The van der Waals surface area contributed by atoms with Gasteiger partial charge in [-0.15, -0.1) is 0 Å². The first-order valence-corrected chi connectivity index (χ1v) is 11.5. The van der Waals surface area contributed by atoms with Crippen molar-refractivity contribution in [2.24, 2.45) is 0 Å². The average Bonchev–Trinajstić information content (AvgIpc) is 3.09. The van der Waals surface area contributed by atoms with Crippen molar-refractivity contribution in [3.05, 3.63) is 103 Å². The fraction of sp³-hybridized carbons (Fsp3) is 0.0833. The van der Waals surface area contributed by atoms with E-state index in [0.717, 1.165) is 17.0 Å². The van der Waals surface area contributed by atoms with Crippen molar-refractivity contribution in [3.8, 4) is 11.5 Å². The van der Waals surface area contributed by atoms with Crippen LogP contribution in [0.25, 0.3) is 6.08 Å². The van der Waals surface area contributed by atoms with Gasteiger partial charge in [-0.1, -0.05) is 35.9 Å². The summed E-state index contributed by atoms with van der Waals surface area (Å²) in [6.45, 7) is -0.399. The lowest BCUT2D eigenvalue weighted by Crippen LogP contribution is -2.28. The normalized spacial score (nSPS) is 14.9. The molecule has 0 aromatic heterocycles. The number of ether oxygens (including phenoxy) is 1. The zero-order valence-corrected chi connectivity index (χ0v) is 19.9. The van der Waals surface area contributed by atoms with Crippen LogP contribution in [0.5, 0.6) is 11.5 Å². The fourth-order valence-electron chi connectivity index (χ4n) is 3.35. The highest BCUT2D eigenvalue weighted by Crippen LogP contribution is 2.40. The van der Waals surface area contributed by atoms with E-state index in [4.69, 9.17) is 16.3 Å². The molecule has 1 aliphatic heterocycles. The number of hydrogen-bond acceptors (Lipinski definition) is 6. The van der Waals surface area contributed by atoms with Crippen molar-refractivity contribution < 1.29 is 36.8 Å². The molecule has 4 rings (SSSR count). The van der Waals surface area contributed by atoms with Crippen molar-refractivity contribution >= 4 is 46.3 Å². The Morgan fingerprint density at radius 1 is 1.05 bits per heavy atom. The first kappa shape index (κ1) is 26.2. The summed E-state index contributed by atoms with van der Waals surface area (Å²) in [6.07, 6.45) is -3.50. The number of hydrogen-bond donors (Lipinski definition) is 0. The van der Waals surface area contributed by atoms with Gasteiger partial charge in [0, 0.05) is 22.2 Å². The number of carbonyl (C=O) groups excluding carboxylic acids is 2. The summed E-state index contributed by atoms with van der Waals surface area (Å²) in [5.74, 6) is -1.90. The van der Waals surface area contributed by atoms with E-state index in [1.54, 1.807) is 6.07 Å². The van der Waals surface area contributed by atoms with E-state index in [0.29, 0.717) is 23.9 Å². The van der Waals surface area contributed by atoms with Crippen molar-refractivity contribution in [3.63, 3.8) is 0 Å². The van der Waals surface area contributed by atoms with E-state index in [9.17, 15) is 37.3 Å². The highest BCUT2D eigenvalue weighted by Gasteiger charge is 2.36. The average molecular weight is 553 g/mol. The van der Waals surface area contributed by atoms with Crippen LogP contribution in [0.2, 0.25) is 5.02 Å². The molecule has 0 bridgehead atoms. The summed E-state index contributed by atoms with van der Waals surface area (Å²) < 4.78 is 58.7. The first-order chi connectivity index (χ1) is 17.5. The molecule has 1 heterocycles. The highest BCUT2D eigenvalue weighted by atomic mass is 35.5. The van der Waals surface area contributed by atoms with Crippen molar-refractivity contribution in [1.29, 1.82) is 0 Å². The van der Waals surface area contributed by atoms with E-state index in [1.165, 1.54) is 36.4 Å². The smallest absolute Gasteiger partial charge is 0.416 e. The number of halogens is 5. The molecule has 37 heavy (non-hydrogen) atoms. The second-order valence-electron chi connectivity index (χ2n) is 7.55. The van der Waals surface area contributed by atoms with Gasteiger partial charge in [-0.05, 0) is 48.2 Å². The van der Waals surface area contributed by atoms with Crippen LogP contribution < -0.4 is 4.74 Å². The number of imide groups is 1. The van der Waals surface area contributed by atoms with E-state index in [-0.39, 0.29) is 26.8 Å². The van der Waals surface area contributed by atoms with E-state index in [1.807, 2.05) is 0 Å². The van der Waals surface area contributed by atoms with Gasteiger partial charge in [-0.2, -0.15) is 13.2 Å². The molecule has 2 amide bonds. The van der Waals surface area contributed by atoms with E-state index >= 15 is 0 Å². The lowest BCUT2D eigenvalue weighted by atomic mass is 10.1. The van der Waals surface area contributed by atoms with Gasteiger partial charge in [-0.25, -0.2) is 4.39 Å². The third kappa shape index (κ3) is 5.59. The number of benzene rings is 3. The Labute approximate surface area is 215 Å². The number of thioether (sulfide) groups is 1. The molecule has 0 aliphatic carbocycles. The third-order valence-corrected chi connectivity index (χ3v) is 6.42. The molecule has 7 nitrogen and oxygen atoms in total. The molecule has 0 atom stereocenters. The Bertz CT molecular complexity index is 1440. The molecule has 0 unspecified atom stereocenters. The van der Waals surface area contributed by atoms with Crippen LogP contribution in [-0.4, -0.2) is 21.0 Å². The molecule has 1 aliphatic rings. The zero-order chi connectivity index (χ0) is 26.9. The number of carbonyl (C=O) groups is 2. The van der Waals surface area contributed by atoms with Crippen LogP contribution in [0, 0.1) is 15.9 Å². The van der Waals surface area contributed by atoms with Crippen LogP contribution in [-0.2, 0) is 17.5 Å². The van der Waals surface area contributed by atoms with Crippen LogP contribution in [0.1, 0.15) is 16.7 Å². The van der Waals surface area contributed by atoms with Crippen molar-refractivity contribution in [2.75, 3.05) is 0 Å². The molecule has 1 saturated heterocycles. The third-order valence-electron chi connectivity index (χ3n) is 5.16. The lowest BCUT2D eigenvalue weighted by molar-refractivity contribution is -0.385. The van der Waals surface area contributed by atoms with Gasteiger partial charge in [0.15, 0.2) is 0 Å². The maximum atomic E-state index is 14.2. The number of nitro groups is 1. The Morgan fingerprint density at radius 3 is 2.46 bits per heavy atom. The number of nitrogens with zero attached hydrogens (tertiary/aromatic N) is 2. The summed E-state index contributed by atoms with van der Waals surface area (Å²) in [7, 11) is 0. The Kier molecular flexibility index (Phi) is 7.23. The van der Waals surface area contributed by atoms with Gasteiger partial charge in [0.1, 0.15) is 11.6 Å². The minimum absolute atomic E-state index is 0.0192. The van der Waals surface area contributed by atoms with Crippen LogP contribution in [0.4, 0.5) is 28.0 Å². The SMILES string of the molecule is O=C1S/C(=C/c2ccccc2Oc2ccc(C(F)(F)F)cc2[N+](=O)[O-])C(=O)N1Cc1c(F)cccc1Cl. The van der Waals surface area contributed by atoms with Gasteiger partial charge in [0.2, 0.25) is 5.75 Å². The highest BCUT2D eigenvalue weighted by molar-refractivity contribution is 8.18. The quantitative estimate of drug-likeness (QED) is 0.137. The van der Waals surface area contributed by atoms with E-state index in [2.05, 4.69) is 0 Å². The molecule has 0 radical (unpaired) electrons. The minimum atomic E-state index is -4.79. The van der Waals surface area contributed by atoms with Gasteiger partial charge in [0.05, 0.1) is 21.9 Å². The maximum Gasteiger partial charge on any atom is 0.416 e. The van der Waals surface area contributed by atoms with Crippen molar-refractivity contribution in [1.82, 2.24) is 4.90 Å². The second kappa shape index (κ2) is 10.2. The molecule has 13 heteroatoms. The minimum Gasteiger partial charge on any atom is -0.449 e. The summed E-state index contributed by atoms with van der Waals surface area (Å²) in [5, 5.41) is 10.8. The maximum absolute atomic E-state index is 14.2. The predicted molar refractivity (Wildman–Crippen MR) is 128 cm³/mol. The standard InChI is InChI=1S/C24H13ClF4N2O5S/c25-16-5-3-6-17(26)15(16)12-30-22(32)21(37-23(30)33)10-13-4-1-2-7-19(13)36-20-9-8-14(24(27,28)29)11-18(20)31(34)35/h1-11H,12H2/b21-10+. The summed E-state index contributed by atoms with van der Waals surface area (Å²) >= 11 is 6.58. The number of para-hydroxylation sites is 1. The Morgan fingerprint density at radius 2 is 1.78 bits per heavy atom. The van der Waals surface area contributed by atoms with E-state index < -0.39 is 51.6 Å². The summed E-state index contributed by atoms with van der Waals surface area (Å²) in [6, 6.07) is 11.7. The second-order valence-corrected chi connectivity index (χ2v) is 8.95. The zero-order valence-electron chi connectivity index (χ0n) is 18.3. The largest absolute Gasteiger partial charge is 0.449 e. The monoisotopic (exact) mass is 552 g/mol. The molecular weight excluding hydrogens is 540 g/mol. The van der Waals surface area contributed by atoms with Crippen LogP contribution in [0.3, 0.4) is 0 Å². The Hall–Kier alpha value is -3.90. The number of alkyl halides is 3. The Balaban J connectivity index is 1.64. The fourth-order valence-corrected chi connectivity index (χ4v) is 4.40. The summed E-state index contributed by atoms with van der Waals surface area (Å²) in [4.78, 5) is 36.5. The van der Waals surface area contributed by atoms with Gasteiger partial charge >= 0.3 is 11.9 Å². The van der Waals surface area contributed by atoms with Crippen LogP contribution in [0.15, 0.2) is 65.6 Å². The number of nitro benzene ring substituents is 1. The molecule has 0 N–H and O–H groups in total. The van der Waals surface area contributed by atoms with Crippen LogP contribution >= 0.6 is 23.4 Å². The molecular formula is C24H13ClF4N2O5S. The van der Waals surface area contributed by atoms with Gasteiger partial charge in [0.25, 0.3) is 11.1 Å². The molecule has 1 fully saturated rings. The lowest BCUT2D eigenvalue weighted by Gasteiger charge is -2.14. The number of rotatable bonds is 6. The first-order valence-electron chi connectivity index (χ1n) is 10.3. The predicted octanol–water partition coefficient (Wildman–Crippen LogP) is 7.43. The molecule has 3 aromatic carbocycles.